The van der Waals surface area contributed by atoms with E-state index >= 15 is 0 Å². The predicted octanol–water partition coefficient (Wildman–Crippen LogP) is 0.444. The van der Waals surface area contributed by atoms with Crippen molar-refractivity contribution in [2.24, 2.45) is 0 Å². The number of carbonyl (C=O) groups is 1. The van der Waals surface area contributed by atoms with Gasteiger partial charge in [0.25, 0.3) is 0 Å². The highest BCUT2D eigenvalue weighted by Crippen LogP contribution is 2.13. The van der Waals surface area contributed by atoms with Crippen LogP contribution in [0.25, 0.3) is 0 Å². The Labute approximate surface area is 131 Å². The highest BCUT2D eigenvalue weighted by Gasteiger charge is 2.31. The Kier molecular flexibility index (Phi) is 5.08. The summed E-state index contributed by atoms with van der Waals surface area (Å²) >= 11 is 0. The summed E-state index contributed by atoms with van der Waals surface area (Å²) < 4.78 is 0. The molecule has 1 aromatic carbocycles. The highest BCUT2D eigenvalue weighted by atomic mass is 16.3. The lowest BCUT2D eigenvalue weighted by Gasteiger charge is -2.24. The molecule has 2 aliphatic rings. The molecule has 2 heterocycles. The second kappa shape index (κ2) is 7.22. The molecule has 5 heteroatoms. The van der Waals surface area contributed by atoms with E-state index in [0.717, 1.165) is 39.1 Å². The number of nitrogens with zero attached hydrogens (tertiary/aromatic N) is 2. The number of carbonyl (C=O) groups excluding carboxylic acids is 1. The zero-order valence-corrected chi connectivity index (χ0v) is 12.9. The molecule has 2 fully saturated rings. The Morgan fingerprint density at radius 1 is 1.18 bits per heavy atom. The minimum Gasteiger partial charge on any atom is -0.392 e. The summed E-state index contributed by atoms with van der Waals surface area (Å²) in [5.74, 6) is 0.151. The molecule has 0 aliphatic carbocycles. The standard InChI is InChI=1S/C17H25N3O2/c21-15-11-16(18-12-15)17(22)20-8-4-7-19(9-10-20)13-14-5-2-1-3-6-14/h1-3,5-6,15-16,18,21H,4,7-13H2/t15-,16+/m1/s1. The Morgan fingerprint density at radius 2 is 2.00 bits per heavy atom. The molecule has 0 saturated carbocycles. The van der Waals surface area contributed by atoms with Crippen molar-refractivity contribution < 1.29 is 9.90 Å². The molecule has 5 nitrogen and oxygen atoms in total. The first kappa shape index (κ1) is 15.5. The predicted molar refractivity (Wildman–Crippen MR) is 85.3 cm³/mol. The van der Waals surface area contributed by atoms with E-state index < -0.39 is 0 Å². The number of β-amino-alcohol motifs (C(OH)–C–C–N with tert-alkyl or cyclic N) is 1. The number of aliphatic hydroxyl groups excluding tert-OH is 1. The van der Waals surface area contributed by atoms with Gasteiger partial charge in [0.1, 0.15) is 0 Å². The van der Waals surface area contributed by atoms with Gasteiger partial charge in [-0.1, -0.05) is 30.3 Å². The molecule has 2 aliphatic heterocycles. The fourth-order valence-corrected chi connectivity index (χ4v) is 3.32. The van der Waals surface area contributed by atoms with Crippen LogP contribution in [0.2, 0.25) is 0 Å². The third-order valence-corrected chi connectivity index (χ3v) is 4.55. The van der Waals surface area contributed by atoms with E-state index in [1.54, 1.807) is 0 Å². The van der Waals surface area contributed by atoms with Gasteiger partial charge in [0.2, 0.25) is 5.91 Å². The van der Waals surface area contributed by atoms with Gasteiger partial charge in [-0.3, -0.25) is 9.69 Å². The zero-order chi connectivity index (χ0) is 15.4. The molecule has 0 aromatic heterocycles. The lowest BCUT2D eigenvalue weighted by Crippen LogP contribution is -2.45. The second-order valence-electron chi connectivity index (χ2n) is 6.29. The molecular weight excluding hydrogens is 278 g/mol. The molecule has 3 rings (SSSR count). The second-order valence-corrected chi connectivity index (χ2v) is 6.29. The summed E-state index contributed by atoms with van der Waals surface area (Å²) in [7, 11) is 0. The van der Waals surface area contributed by atoms with Gasteiger partial charge < -0.3 is 15.3 Å². The normalized spacial score (nSPS) is 26.9. The quantitative estimate of drug-likeness (QED) is 0.851. The molecule has 22 heavy (non-hydrogen) atoms. The fraction of sp³-hybridized carbons (Fsp3) is 0.588. The maximum atomic E-state index is 12.5. The first-order valence-electron chi connectivity index (χ1n) is 8.19. The van der Waals surface area contributed by atoms with Gasteiger partial charge in [0.15, 0.2) is 0 Å². The fourth-order valence-electron chi connectivity index (χ4n) is 3.32. The van der Waals surface area contributed by atoms with Crippen LogP contribution < -0.4 is 5.32 Å². The lowest BCUT2D eigenvalue weighted by molar-refractivity contribution is -0.133. The number of hydrogen-bond acceptors (Lipinski definition) is 4. The summed E-state index contributed by atoms with van der Waals surface area (Å²) in [6.07, 6.45) is 1.17. The van der Waals surface area contributed by atoms with E-state index in [-0.39, 0.29) is 18.1 Å². The van der Waals surface area contributed by atoms with Crippen molar-refractivity contribution in [3.63, 3.8) is 0 Å². The van der Waals surface area contributed by atoms with Crippen LogP contribution >= 0.6 is 0 Å². The van der Waals surface area contributed by atoms with Crippen molar-refractivity contribution in [2.45, 2.75) is 31.5 Å². The summed E-state index contributed by atoms with van der Waals surface area (Å²) in [6.45, 7) is 5.02. The van der Waals surface area contributed by atoms with Gasteiger partial charge in [-0.05, 0) is 18.4 Å². The Balaban J connectivity index is 1.52. The van der Waals surface area contributed by atoms with Crippen LogP contribution in [0.3, 0.4) is 0 Å². The van der Waals surface area contributed by atoms with Crippen LogP contribution in [0.5, 0.6) is 0 Å². The summed E-state index contributed by atoms with van der Waals surface area (Å²) in [4.78, 5) is 16.9. The van der Waals surface area contributed by atoms with Crippen molar-refractivity contribution in [1.82, 2.24) is 15.1 Å². The van der Waals surface area contributed by atoms with E-state index in [1.165, 1.54) is 5.56 Å². The molecule has 1 aromatic rings. The minimum absolute atomic E-state index is 0.151. The molecule has 2 N–H and O–H groups in total. The van der Waals surface area contributed by atoms with Gasteiger partial charge >= 0.3 is 0 Å². The lowest BCUT2D eigenvalue weighted by atomic mass is 10.2. The van der Waals surface area contributed by atoms with Gasteiger partial charge in [0, 0.05) is 39.3 Å². The number of nitrogens with one attached hydrogen (secondary N) is 1. The van der Waals surface area contributed by atoms with Crippen molar-refractivity contribution in [3.8, 4) is 0 Å². The Hall–Kier alpha value is -1.43. The molecule has 1 amide bonds. The molecule has 0 spiro atoms. The van der Waals surface area contributed by atoms with Gasteiger partial charge in [-0.25, -0.2) is 0 Å². The molecule has 0 radical (unpaired) electrons. The van der Waals surface area contributed by atoms with Crippen LogP contribution in [0, 0.1) is 0 Å². The Bertz CT molecular complexity index is 494. The van der Waals surface area contributed by atoms with Crippen molar-refractivity contribution in [1.29, 1.82) is 0 Å². The third kappa shape index (κ3) is 3.85. The summed E-state index contributed by atoms with van der Waals surface area (Å²) in [5, 5.41) is 12.7. The van der Waals surface area contributed by atoms with E-state index in [1.807, 2.05) is 11.0 Å². The topological polar surface area (TPSA) is 55.8 Å². The van der Waals surface area contributed by atoms with Crippen LogP contribution in [0.1, 0.15) is 18.4 Å². The minimum atomic E-state index is -0.379. The van der Waals surface area contributed by atoms with Crippen LogP contribution in [0.4, 0.5) is 0 Å². The monoisotopic (exact) mass is 303 g/mol. The molecule has 120 valence electrons. The number of hydrogen-bond donors (Lipinski definition) is 2. The van der Waals surface area contributed by atoms with Crippen LogP contribution in [0.15, 0.2) is 30.3 Å². The van der Waals surface area contributed by atoms with E-state index in [2.05, 4.69) is 34.5 Å². The zero-order valence-electron chi connectivity index (χ0n) is 12.9. The molecule has 2 atom stereocenters. The third-order valence-electron chi connectivity index (χ3n) is 4.55. The van der Waals surface area contributed by atoms with Gasteiger partial charge in [0.05, 0.1) is 12.1 Å². The van der Waals surface area contributed by atoms with Crippen molar-refractivity contribution in [2.75, 3.05) is 32.7 Å². The van der Waals surface area contributed by atoms with Gasteiger partial charge in [-0.15, -0.1) is 0 Å². The highest BCUT2D eigenvalue weighted by molar-refractivity contribution is 5.82. The number of amides is 1. The van der Waals surface area contributed by atoms with Crippen molar-refractivity contribution in [3.05, 3.63) is 35.9 Å². The van der Waals surface area contributed by atoms with Crippen LogP contribution in [-0.4, -0.2) is 65.7 Å². The summed E-state index contributed by atoms with van der Waals surface area (Å²) in [6, 6.07) is 10.3. The van der Waals surface area contributed by atoms with E-state index in [0.29, 0.717) is 13.0 Å². The maximum Gasteiger partial charge on any atom is 0.239 e. The molecule has 2 saturated heterocycles. The van der Waals surface area contributed by atoms with E-state index in [4.69, 9.17) is 0 Å². The maximum absolute atomic E-state index is 12.5. The number of aliphatic hydroxyl groups is 1. The first-order valence-corrected chi connectivity index (χ1v) is 8.19. The first-order chi connectivity index (χ1) is 10.7. The molecule has 0 unspecified atom stereocenters. The summed E-state index contributed by atoms with van der Waals surface area (Å²) in [5.41, 5.74) is 1.32. The van der Waals surface area contributed by atoms with Gasteiger partial charge in [-0.2, -0.15) is 0 Å². The molecule has 0 bridgehead atoms. The van der Waals surface area contributed by atoms with Crippen molar-refractivity contribution >= 4 is 5.91 Å². The SMILES string of the molecule is O=C([C@@H]1C[C@@H](O)CN1)N1CCCN(Cc2ccccc2)CC1. The largest absolute Gasteiger partial charge is 0.392 e. The smallest absolute Gasteiger partial charge is 0.239 e. The number of rotatable bonds is 3. The Morgan fingerprint density at radius 3 is 2.73 bits per heavy atom. The molecular formula is C17H25N3O2. The van der Waals surface area contributed by atoms with E-state index in [9.17, 15) is 9.90 Å². The average Bonchev–Trinajstić information content (AvgIpc) is 2.83. The number of benzene rings is 1. The average molecular weight is 303 g/mol. The van der Waals surface area contributed by atoms with Crippen LogP contribution in [-0.2, 0) is 11.3 Å².